The number of aryl methyl sites for hydroxylation is 1. The molecule has 3 aromatic rings. The lowest BCUT2D eigenvalue weighted by molar-refractivity contribution is 0.402. The van der Waals surface area contributed by atoms with E-state index < -0.39 is 10.0 Å². The summed E-state index contributed by atoms with van der Waals surface area (Å²) in [5.74, 6) is 0.606. The van der Waals surface area contributed by atoms with E-state index in [1.165, 1.54) is 20.3 Å². The van der Waals surface area contributed by atoms with Crippen LogP contribution in [-0.2, 0) is 10.0 Å². The molecule has 0 unspecified atom stereocenters. The highest BCUT2D eigenvalue weighted by molar-refractivity contribution is 9.10. The Balaban J connectivity index is 2.11. The van der Waals surface area contributed by atoms with Crippen LogP contribution in [0.1, 0.15) is 5.56 Å². The number of benzene rings is 2. The molecule has 1 heterocycles. The predicted octanol–water partition coefficient (Wildman–Crippen LogP) is 4.32. The molecular formula is C17H16BrNO5S. The van der Waals surface area contributed by atoms with E-state index >= 15 is 0 Å². The fourth-order valence-corrected chi connectivity index (χ4v) is 4.26. The van der Waals surface area contributed by atoms with Crippen LogP contribution >= 0.6 is 15.9 Å². The number of methoxy groups -OCH3 is 2. The topological polar surface area (TPSA) is 77.8 Å². The van der Waals surface area contributed by atoms with Crippen LogP contribution in [0.25, 0.3) is 11.0 Å². The van der Waals surface area contributed by atoms with E-state index in [0.29, 0.717) is 21.5 Å². The maximum absolute atomic E-state index is 12.9. The van der Waals surface area contributed by atoms with Crippen molar-refractivity contribution in [3.8, 4) is 11.5 Å². The van der Waals surface area contributed by atoms with Gasteiger partial charge >= 0.3 is 0 Å². The first kappa shape index (κ1) is 17.6. The van der Waals surface area contributed by atoms with Gasteiger partial charge < -0.3 is 13.9 Å². The average molecular weight is 426 g/mol. The minimum Gasteiger partial charge on any atom is -0.495 e. The van der Waals surface area contributed by atoms with Gasteiger partial charge in [-0.15, -0.1) is 0 Å². The number of hydrogen-bond donors (Lipinski definition) is 1. The molecule has 2 aromatic carbocycles. The maximum atomic E-state index is 12.9. The molecule has 0 aliphatic rings. The van der Waals surface area contributed by atoms with E-state index in [4.69, 9.17) is 13.9 Å². The molecule has 25 heavy (non-hydrogen) atoms. The molecule has 0 saturated heterocycles. The predicted molar refractivity (Wildman–Crippen MR) is 99.0 cm³/mol. The van der Waals surface area contributed by atoms with Gasteiger partial charge in [-0.05, 0) is 36.8 Å². The van der Waals surface area contributed by atoms with Crippen molar-refractivity contribution in [2.75, 3.05) is 18.9 Å². The molecule has 1 N–H and O–H groups in total. The number of anilines is 1. The van der Waals surface area contributed by atoms with Crippen molar-refractivity contribution in [1.29, 1.82) is 0 Å². The first-order valence-electron chi connectivity index (χ1n) is 7.28. The van der Waals surface area contributed by atoms with Crippen LogP contribution in [-0.4, -0.2) is 22.6 Å². The van der Waals surface area contributed by atoms with Crippen molar-refractivity contribution in [1.82, 2.24) is 0 Å². The fraction of sp³-hybridized carbons (Fsp3) is 0.176. The molecule has 1 aromatic heterocycles. The second-order valence-electron chi connectivity index (χ2n) is 5.37. The third-order valence-electron chi connectivity index (χ3n) is 3.75. The van der Waals surface area contributed by atoms with Gasteiger partial charge in [0.25, 0.3) is 10.0 Å². The SMILES string of the molecule is COc1cc2occ(C)c2cc1NS(=O)(=O)c1cc(Br)ccc1OC. The van der Waals surface area contributed by atoms with Crippen molar-refractivity contribution < 1.29 is 22.3 Å². The Bertz CT molecular complexity index is 1040. The minimum atomic E-state index is -3.89. The standard InChI is InChI=1S/C17H16BrNO5S/c1-10-9-24-15-8-16(23-3)13(7-12(10)15)19-25(20,21)17-6-11(18)4-5-14(17)22-2/h4-9,19H,1-3H3. The average Bonchev–Trinajstić information content (AvgIpc) is 2.94. The number of furan rings is 1. The van der Waals surface area contributed by atoms with Gasteiger partial charge in [-0.3, -0.25) is 4.72 Å². The molecular weight excluding hydrogens is 410 g/mol. The van der Waals surface area contributed by atoms with Gasteiger partial charge in [0.1, 0.15) is 22.0 Å². The Kier molecular flexibility index (Phi) is 4.66. The maximum Gasteiger partial charge on any atom is 0.265 e. The van der Waals surface area contributed by atoms with E-state index in [0.717, 1.165) is 10.9 Å². The van der Waals surface area contributed by atoms with Crippen LogP contribution < -0.4 is 14.2 Å². The Morgan fingerprint density at radius 1 is 1.08 bits per heavy atom. The minimum absolute atomic E-state index is 0.0236. The Labute approximate surface area is 153 Å². The van der Waals surface area contributed by atoms with Crippen LogP contribution in [0.15, 0.2) is 50.4 Å². The summed E-state index contributed by atoms with van der Waals surface area (Å²) in [7, 11) is -1.00. The summed E-state index contributed by atoms with van der Waals surface area (Å²) in [4.78, 5) is 0.0236. The van der Waals surface area contributed by atoms with Gasteiger partial charge in [0, 0.05) is 15.9 Å². The molecule has 0 bridgehead atoms. The molecule has 0 amide bonds. The van der Waals surface area contributed by atoms with Crippen molar-refractivity contribution in [2.45, 2.75) is 11.8 Å². The molecule has 132 valence electrons. The largest absolute Gasteiger partial charge is 0.495 e. The van der Waals surface area contributed by atoms with E-state index in [1.807, 2.05) is 6.92 Å². The summed E-state index contributed by atoms with van der Waals surface area (Å²) < 4.78 is 44.8. The number of sulfonamides is 1. The van der Waals surface area contributed by atoms with E-state index in [-0.39, 0.29) is 10.6 Å². The van der Waals surface area contributed by atoms with Gasteiger partial charge in [-0.2, -0.15) is 0 Å². The van der Waals surface area contributed by atoms with Crippen molar-refractivity contribution in [3.05, 3.63) is 46.6 Å². The smallest absolute Gasteiger partial charge is 0.265 e. The lowest BCUT2D eigenvalue weighted by Crippen LogP contribution is -2.14. The zero-order valence-corrected chi connectivity index (χ0v) is 16.2. The summed E-state index contributed by atoms with van der Waals surface area (Å²) in [6, 6.07) is 8.11. The van der Waals surface area contributed by atoms with Crippen molar-refractivity contribution in [3.63, 3.8) is 0 Å². The molecule has 0 aliphatic carbocycles. The second kappa shape index (κ2) is 6.61. The monoisotopic (exact) mass is 425 g/mol. The Hall–Kier alpha value is -2.19. The first-order valence-corrected chi connectivity index (χ1v) is 9.55. The number of nitrogens with one attached hydrogen (secondary N) is 1. The third kappa shape index (κ3) is 3.32. The molecule has 0 fully saturated rings. The Morgan fingerprint density at radius 2 is 1.80 bits per heavy atom. The molecule has 0 radical (unpaired) electrons. The molecule has 0 aliphatic heterocycles. The van der Waals surface area contributed by atoms with Gasteiger partial charge in [0.15, 0.2) is 0 Å². The number of ether oxygens (including phenoxy) is 2. The van der Waals surface area contributed by atoms with Crippen LogP contribution in [0.5, 0.6) is 11.5 Å². The normalized spacial score (nSPS) is 11.5. The summed E-state index contributed by atoms with van der Waals surface area (Å²) in [6.45, 7) is 1.88. The van der Waals surface area contributed by atoms with E-state index in [9.17, 15) is 8.42 Å². The van der Waals surface area contributed by atoms with Crippen LogP contribution in [0.2, 0.25) is 0 Å². The highest BCUT2D eigenvalue weighted by Crippen LogP contribution is 2.35. The number of fused-ring (bicyclic) bond motifs is 1. The molecule has 6 nitrogen and oxygen atoms in total. The van der Waals surface area contributed by atoms with Crippen LogP contribution in [0, 0.1) is 6.92 Å². The molecule has 0 saturated carbocycles. The highest BCUT2D eigenvalue weighted by Gasteiger charge is 2.22. The molecule has 3 rings (SSSR count). The zero-order valence-electron chi connectivity index (χ0n) is 13.8. The van der Waals surface area contributed by atoms with Gasteiger partial charge in [0.2, 0.25) is 0 Å². The Morgan fingerprint density at radius 3 is 2.48 bits per heavy atom. The van der Waals surface area contributed by atoms with Gasteiger partial charge in [0.05, 0.1) is 26.2 Å². The summed E-state index contributed by atoms with van der Waals surface area (Å²) >= 11 is 3.28. The van der Waals surface area contributed by atoms with E-state index in [2.05, 4.69) is 20.7 Å². The van der Waals surface area contributed by atoms with Crippen molar-refractivity contribution >= 4 is 42.6 Å². The van der Waals surface area contributed by atoms with Gasteiger partial charge in [-0.25, -0.2) is 8.42 Å². The zero-order chi connectivity index (χ0) is 18.2. The first-order chi connectivity index (χ1) is 11.9. The molecule has 0 spiro atoms. The third-order valence-corrected chi connectivity index (χ3v) is 5.63. The molecule has 8 heteroatoms. The summed E-state index contributed by atoms with van der Waals surface area (Å²) in [5, 5.41) is 0.805. The number of hydrogen-bond acceptors (Lipinski definition) is 5. The summed E-state index contributed by atoms with van der Waals surface area (Å²) in [5.41, 5.74) is 1.84. The highest BCUT2D eigenvalue weighted by atomic mass is 79.9. The number of halogens is 1. The quantitative estimate of drug-likeness (QED) is 0.658. The van der Waals surface area contributed by atoms with Crippen LogP contribution in [0.3, 0.4) is 0 Å². The van der Waals surface area contributed by atoms with E-state index in [1.54, 1.807) is 30.5 Å². The number of rotatable bonds is 5. The van der Waals surface area contributed by atoms with Crippen LogP contribution in [0.4, 0.5) is 5.69 Å². The summed E-state index contributed by atoms with van der Waals surface area (Å²) in [6.07, 6.45) is 1.61. The lowest BCUT2D eigenvalue weighted by Gasteiger charge is -2.14. The second-order valence-corrected chi connectivity index (χ2v) is 7.93. The lowest BCUT2D eigenvalue weighted by atomic mass is 10.1. The molecule has 0 atom stereocenters. The fourth-order valence-electron chi connectivity index (χ4n) is 2.49. The van der Waals surface area contributed by atoms with Crippen molar-refractivity contribution in [2.24, 2.45) is 0 Å². The van der Waals surface area contributed by atoms with Gasteiger partial charge in [-0.1, -0.05) is 15.9 Å².